The molecule has 1 aliphatic rings. The van der Waals surface area contributed by atoms with Gasteiger partial charge < -0.3 is 24.4 Å². The number of hydrogen-bond acceptors (Lipinski definition) is 4. The van der Waals surface area contributed by atoms with Crippen molar-refractivity contribution in [2.75, 3.05) is 45.3 Å². The third-order valence-corrected chi connectivity index (χ3v) is 5.65. The maximum absolute atomic E-state index is 10.5. The number of anilines is 1. The highest BCUT2D eigenvalue weighted by Crippen LogP contribution is 2.29. The standard InChI is InChI=1S/C23H26N2O3/c1-27-19-8-5-18(6-9-19)25-13-11-24(12-14-25)16-22-21-15-20(28-2)7-3-17(21)4-10-23(22)26/h3-10,15,26H,11-14,16H2,1-2H3/p+1. The number of rotatable bonds is 5. The number of benzene rings is 3. The van der Waals surface area contributed by atoms with E-state index in [1.54, 1.807) is 20.3 Å². The van der Waals surface area contributed by atoms with Crippen LogP contribution in [0.2, 0.25) is 0 Å². The summed E-state index contributed by atoms with van der Waals surface area (Å²) in [4.78, 5) is 3.89. The molecule has 0 spiro atoms. The molecular weight excluding hydrogens is 352 g/mol. The van der Waals surface area contributed by atoms with E-state index < -0.39 is 0 Å². The molecule has 0 bridgehead atoms. The Labute approximate surface area is 165 Å². The minimum atomic E-state index is 0.367. The molecule has 1 saturated heterocycles. The Balaban J connectivity index is 1.48. The van der Waals surface area contributed by atoms with Crippen LogP contribution in [0, 0.1) is 0 Å². The summed E-state index contributed by atoms with van der Waals surface area (Å²) in [5.41, 5.74) is 2.24. The van der Waals surface area contributed by atoms with Crippen LogP contribution in [0.5, 0.6) is 17.2 Å². The van der Waals surface area contributed by atoms with Gasteiger partial charge in [0.2, 0.25) is 0 Å². The first-order valence-electron chi connectivity index (χ1n) is 9.69. The van der Waals surface area contributed by atoms with E-state index in [1.165, 1.54) is 10.6 Å². The van der Waals surface area contributed by atoms with E-state index >= 15 is 0 Å². The zero-order valence-electron chi connectivity index (χ0n) is 16.4. The fourth-order valence-corrected chi connectivity index (χ4v) is 3.96. The number of aromatic hydroxyl groups is 1. The van der Waals surface area contributed by atoms with Crippen molar-refractivity contribution >= 4 is 16.5 Å². The molecule has 1 fully saturated rings. The fourth-order valence-electron chi connectivity index (χ4n) is 3.96. The third-order valence-electron chi connectivity index (χ3n) is 5.65. The first kappa shape index (κ1) is 18.4. The molecule has 3 aromatic rings. The highest BCUT2D eigenvalue weighted by atomic mass is 16.5. The third kappa shape index (κ3) is 3.71. The SMILES string of the molecule is COc1ccc(N2CC[NH+](Cc3c(O)ccc4ccc(OC)cc34)CC2)cc1. The second kappa shape index (κ2) is 7.98. The molecule has 0 aliphatic carbocycles. The molecule has 28 heavy (non-hydrogen) atoms. The summed E-state index contributed by atoms with van der Waals surface area (Å²) >= 11 is 0. The van der Waals surface area contributed by atoms with Gasteiger partial charge in [0.1, 0.15) is 23.8 Å². The van der Waals surface area contributed by atoms with Crippen molar-refractivity contribution in [3.63, 3.8) is 0 Å². The Hall–Kier alpha value is -2.92. The molecule has 1 heterocycles. The predicted molar refractivity (Wildman–Crippen MR) is 112 cm³/mol. The average Bonchev–Trinajstić information content (AvgIpc) is 2.76. The number of piperazine rings is 1. The number of phenolic OH excluding ortho intramolecular Hbond substituents is 1. The number of nitrogens with one attached hydrogen (secondary N) is 1. The topological polar surface area (TPSA) is 46.4 Å². The summed E-state index contributed by atoms with van der Waals surface area (Å²) in [6.45, 7) is 4.87. The molecule has 5 heteroatoms. The van der Waals surface area contributed by atoms with Crippen molar-refractivity contribution in [2.45, 2.75) is 6.54 Å². The number of quaternary nitrogens is 1. The van der Waals surface area contributed by atoms with Crippen LogP contribution in [0.25, 0.3) is 10.8 Å². The van der Waals surface area contributed by atoms with Crippen LogP contribution in [-0.2, 0) is 6.54 Å². The molecule has 4 rings (SSSR count). The Morgan fingerprint density at radius 1 is 0.893 bits per heavy atom. The summed E-state index contributed by atoms with van der Waals surface area (Å²) in [7, 11) is 3.36. The minimum Gasteiger partial charge on any atom is -0.507 e. The quantitative estimate of drug-likeness (QED) is 0.715. The van der Waals surface area contributed by atoms with Crippen LogP contribution in [0.4, 0.5) is 5.69 Å². The number of fused-ring (bicyclic) bond motifs is 1. The van der Waals surface area contributed by atoms with Gasteiger partial charge in [-0.05, 0) is 53.2 Å². The number of ether oxygens (including phenoxy) is 2. The number of hydrogen-bond donors (Lipinski definition) is 2. The molecule has 0 saturated carbocycles. The summed E-state index contributed by atoms with van der Waals surface area (Å²) in [5.74, 6) is 2.07. The van der Waals surface area contributed by atoms with Crippen molar-refractivity contribution in [2.24, 2.45) is 0 Å². The molecule has 3 aromatic carbocycles. The van der Waals surface area contributed by atoms with Crippen LogP contribution in [0.15, 0.2) is 54.6 Å². The monoisotopic (exact) mass is 379 g/mol. The van der Waals surface area contributed by atoms with E-state index in [0.29, 0.717) is 5.75 Å². The molecule has 0 atom stereocenters. The lowest BCUT2D eigenvalue weighted by Crippen LogP contribution is -3.13. The van der Waals surface area contributed by atoms with Gasteiger partial charge in [0.15, 0.2) is 0 Å². The van der Waals surface area contributed by atoms with Crippen LogP contribution in [0.1, 0.15) is 5.56 Å². The molecule has 0 amide bonds. The maximum atomic E-state index is 10.5. The van der Waals surface area contributed by atoms with Gasteiger partial charge in [-0.1, -0.05) is 12.1 Å². The molecular formula is C23H27N2O3+. The van der Waals surface area contributed by atoms with Crippen molar-refractivity contribution in [1.29, 1.82) is 0 Å². The number of methoxy groups -OCH3 is 2. The molecule has 1 aliphatic heterocycles. The van der Waals surface area contributed by atoms with E-state index in [1.807, 2.05) is 36.4 Å². The van der Waals surface area contributed by atoms with Gasteiger partial charge in [-0.3, -0.25) is 0 Å². The maximum Gasteiger partial charge on any atom is 0.125 e. The van der Waals surface area contributed by atoms with Gasteiger partial charge in [-0.25, -0.2) is 0 Å². The first-order chi connectivity index (χ1) is 13.7. The highest BCUT2D eigenvalue weighted by molar-refractivity contribution is 5.88. The average molecular weight is 379 g/mol. The number of nitrogens with zero attached hydrogens (tertiary/aromatic N) is 1. The van der Waals surface area contributed by atoms with E-state index in [2.05, 4.69) is 17.0 Å². The van der Waals surface area contributed by atoms with E-state index in [0.717, 1.165) is 60.6 Å². The van der Waals surface area contributed by atoms with Gasteiger partial charge in [-0.15, -0.1) is 0 Å². The smallest absolute Gasteiger partial charge is 0.125 e. The highest BCUT2D eigenvalue weighted by Gasteiger charge is 2.22. The summed E-state index contributed by atoms with van der Waals surface area (Å²) in [5, 5.41) is 12.7. The Kier molecular flexibility index (Phi) is 5.26. The van der Waals surface area contributed by atoms with E-state index in [9.17, 15) is 5.11 Å². The fraction of sp³-hybridized carbons (Fsp3) is 0.304. The molecule has 146 valence electrons. The molecule has 0 aromatic heterocycles. The molecule has 5 nitrogen and oxygen atoms in total. The molecule has 0 radical (unpaired) electrons. The largest absolute Gasteiger partial charge is 0.507 e. The Morgan fingerprint density at radius 2 is 1.54 bits per heavy atom. The molecule has 2 N–H and O–H groups in total. The Morgan fingerprint density at radius 3 is 2.21 bits per heavy atom. The van der Waals surface area contributed by atoms with Crippen LogP contribution < -0.4 is 19.3 Å². The summed E-state index contributed by atoms with van der Waals surface area (Å²) in [6, 6.07) is 18.1. The zero-order valence-corrected chi connectivity index (χ0v) is 16.4. The lowest BCUT2D eigenvalue weighted by atomic mass is 10.0. The van der Waals surface area contributed by atoms with Crippen LogP contribution >= 0.6 is 0 Å². The zero-order chi connectivity index (χ0) is 19.5. The predicted octanol–water partition coefficient (Wildman–Crippen LogP) is 2.47. The minimum absolute atomic E-state index is 0.367. The van der Waals surface area contributed by atoms with E-state index in [-0.39, 0.29) is 0 Å². The lowest BCUT2D eigenvalue weighted by molar-refractivity contribution is -0.914. The van der Waals surface area contributed by atoms with Gasteiger partial charge >= 0.3 is 0 Å². The van der Waals surface area contributed by atoms with Crippen molar-refractivity contribution < 1.29 is 19.5 Å². The van der Waals surface area contributed by atoms with Gasteiger partial charge in [0, 0.05) is 5.69 Å². The van der Waals surface area contributed by atoms with Crippen molar-refractivity contribution in [3.05, 3.63) is 60.2 Å². The second-order valence-corrected chi connectivity index (χ2v) is 7.26. The molecule has 0 unspecified atom stereocenters. The van der Waals surface area contributed by atoms with Crippen LogP contribution in [-0.4, -0.2) is 45.5 Å². The van der Waals surface area contributed by atoms with Gasteiger partial charge in [-0.2, -0.15) is 0 Å². The summed E-state index contributed by atoms with van der Waals surface area (Å²) < 4.78 is 10.6. The second-order valence-electron chi connectivity index (χ2n) is 7.26. The van der Waals surface area contributed by atoms with Crippen molar-refractivity contribution in [1.82, 2.24) is 0 Å². The van der Waals surface area contributed by atoms with Crippen LogP contribution in [0.3, 0.4) is 0 Å². The van der Waals surface area contributed by atoms with Gasteiger partial charge in [0.05, 0.1) is 46.0 Å². The van der Waals surface area contributed by atoms with Crippen molar-refractivity contribution in [3.8, 4) is 17.2 Å². The first-order valence-corrected chi connectivity index (χ1v) is 9.69. The Bertz CT molecular complexity index is 948. The summed E-state index contributed by atoms with van der Waals surface area (Å²) in [6.07, 6.45) is 0. The van der Waals surface area contributed by atoms with E-state index in [4.69, 9.17) is 9.47 Å². The van der Waals surface area contributed by atoms with Gasteiger partial charge in [0.25, 0.3) is 0 Å². The lowest BCUT2D eigenvalue weighted by Gasteiger charge is -2.34. The normalized spacial score (nSPS) is 15.0. The number of phenols is 1.